The first-order valence-electron chi connectivity index (χ1n) is 8.66. The van der Waals surface area contributed by atoms with Crippen molar-refractivity contribution in [2.45, 2.75) is 70.5 Å². The highest BCUT2D eigenvalue weighted by Gasteiger charge is 2.55. The van der Waals surface area contributed by atoms with E-state index in [4.69, 9.17) is 0 Å². The maximum atomic E-state index is 10.4. The molecular formula is C18H28O2. The standard InChI is InChI=1S/C18H28O2/c1-18-9-8-14-13-5-3-12(19)10-11(13)2-4-15(14)16(18)6-7-17(18)20/h10,12-17,19-20H,2-9H2,1H3/t12-,13+,14+,15-,16-,17-,18-/m0/s1. The highest BCUT2D eigenvalue weighted by Crippen LogP contribution is 2.61. The summed E-state index contributed by atoms with van der Waals surface area (Å²) in [6.45, 7) is 2.35. The Morgan fingerprint density at radius 3 is 2.70 bits per heavy atom. The number of fused-ring (bicyclic) bond motifs is 5. The Kier molecular flexibility index (Phi) is 3.05. The van der Waals surface area contributed by atoms with Gasteiger partial charge in [0.25, 0.3) is 0 Å². The summed E-state index contributed by atoms with van der Waals surface area (Å²) >= 11 is 0. The molecule has 0 aromatic rings. The van der Waals surface area contributed by atoms with Gasteiger partial charge < -0.3 is 10.2 Å². The average molecular weight is 276 g/mol. The van der Waals surface area contributed by atoms with E-state index in [1.54, 1.807) is 5.57 Å². The molecule has 2 nitrogen and oxygen atoms in total. The van der Waals surface area contributed by atoms with Gasteiger partial charge in [-0.2, -0.15) is 0 Å². The quantitative estimate of drug-likeness (QED) is 0.667. The predicted molar refractivity (Wildman–Crippen MR) is 79.1 cm³/mol. The normalized spacial score (nSPS) is 54.6. The molecule has 3 fully saturated rings. The molecule has 112 valence electrons. The number of rotatable bonds is 0. The average Bonchev–Trinajstić information content (AvgIpc) is 2.74. The fraction of sp³-hybridized carbons (Fsp3) is 0.889. The first kappa shape index (κ1) is 13.3. The number of hydrogen-bond acceptors (Lipinski definition) is 2. The van der Waals surface area contributed by atoms with Gasteiger partial charge in [-0.3, -0.25) is 0 Å². The third-order valence-electron chi connectivity index (χ3n) is 7.38. The second kappa shape index (κ2) is 4.58. The van der Waals surface area contributed by atoms with E-state index in [-0.39, 0.29) is 17.6 Å². The lowest BCUT2D eigenvalue weighted by Crippen LogP contribution is -2.47. The van der Waals surface area contributed by atoms with Crippen molar-refractivity contribution >= 4 is 0 Å². The third-order valence-corrected chi connectivity index (χ3v) is 7.38. The maximum Gasteiger partial charge on any atom is 0.0723 e. The van der Waals surface area contributed by atoms with Gasteiger partial charge in [-0.1, -0.05) is 18.6 Å². The van der Waals surface area contributed by atoms with Crippen LogP contribution in [0.25, 0.3) is 0 Å². The molecule has 2 heteroatoms. The van der Waals surface area contributed by atoms with Gasteiger partial charge in [0.15, 0.2) is 0 Å². The summed E-state index contributed by atoms with van der Waals surface area (Å²) in [4.78, 5) is 0. The molecule has 0 bridgehead atoms. The zero-order valence-electron chi connectivity index (χ0n) is 12.6. The zero-order chi connectivity index (χ0) is 13.9. The van der Waals surface area contributed by atoms with Crippen molar-refractivity contribution in [1.29, 1.82) is 0 Å². The van der Waals surface area contributed by atoms with Gasteiger partial charge in [-0.05, 0) is 80.5 Å². The topological polar surface area (TPSA) is 40.5 Å². The molecule has 4 aliphatic rings. The molecule has 20 heavy (non-hydrogen) atoms. The van der Waals surface area contributed by atoms with Crippen LogP contribution in [0.15, 0.2) is 11.6 Å². The van der Waals surface area contributed by atoms with E-state index >= 15 is 0 Å². The fourth-order valence-corrected chi connectivity index (χ4v) is 6.28. The van der Waals surface area contributed by atoms with Crippen LogP contribution in [0.2, 0.25) is 0 Å². The van der Waals surface area contributed by atoms with E-state index in [9.17, 15) is 10.2 Å². The van der Waals surface area contributed by atoms with Gasteiger partial charge in [-0.15, -0.1) is 0 Å². The molecule has 0 amide bonds. The highest BCUT2D eigenvalue weighted by atomic mass is 16.3. The van der Waals surface area contributed by atoms with Crippen LogP contribution in [0.4, 0.5) is 0 Å². The molecule has 0 aliphatic heterocycles. The van der Waals surface area contributed by atoms with Gasteiger partial charge in [0.05, 0.1) is 12.2 Å². The lowest BCUT2D eigenvalue weighted by atomic mass is 9.52. The van der Waals surface area contributed by atoms with E-state index in [0.717, 1.165) is 36.5 Å². The number of aliphatic hydroxyl groups is 2. The van der Waals surface area contributed by atoms with E-state index < -0.39 is 0 Å². The van der Waals surface area contributed by atoms with Crippen LogP contribution in [0.1, 0.15) is 58.3 Å². The summed E-state index contributed by atoms with van der Waals surface area (Å²) in [7, 11) is 0. The molecule has 7 atom stereocenters. The monoisotopic (exact) mass is 276 g/mol. The summed E-state index contributed by atoms with van der Waals surface area (Å²) in [5, 5.41) is 20.3. The van der Waals surface area contributed by atoms with Crippen molar-refractivity contribution in [2.24, 2.45) is 29.1 Å². The summed E-state index contributed by atoms with van der Waals surface area (Å²) in [6, 6.07) is 0. The SMILES string of the molecule is C[C@]12CC[C@H]3[C@H](CCC4=C[C@@H](O)CC[C@H]43)[C@@H]1CC[C@@H]2O. The molecule has 0 aromatic heterocycles. The van der Waals surface area contributed by atoms with Crippen molar-refractivity contribution in [2.75, 3.05) is 0 Å². The highest BCUT2D eigenvalue weighted by molar-refractivity contribution is 5.20. The molecule has 4 rings (SSSR count). The largest absolute Gasteiger partial charge is 0.393 e. The Balaban J connectivity index is 1.62. The molecule has 2 N–H and O–H groups in total. The van der Waals surface area contributed by atoms with Gasteiger partial charge >= 0.3 is 0 Å². The molecule has 0 radical (unpaired) electrons. The lowest BCUT2D eigenvalue weighted by Gasteiger charge is -2.53. The third kappa shape index (κ3) is 1.77. The minimum atomic E-state index is -0.181. The van der Waals surface area contributed by atoms with Crippen molar-refractivity contribution < 1.29 is 10.2 Å². The van der Waals surface area contributed by atoms with Gasteiger partial charge in [0, 0.05) is 0 Å². The lowest BCUT2D eigenvalue weighted by molar-refractivity contribution is -0.0548. The predicted octanol–water partition coefficient (Wildman–Crippen LogP) is 3.28. The smallest absolute Gasteiger partial charge is 0.0723 e. The Labute approximate surface area is 122 Å². The second-order valence-corrected chi connectivity index (χ2v) is 8.10. The van der Waals surface area contributed by atoms with Crippen LogP contribution in [0, 0.1) is 29.1 Å². The van der Waals surface area contributed by atoms with Crippen LogP contribution in [0.3, 0.4) is 0 Å². The van der Waals surface area contributed by atoms with Crippen molar-refractivity contribution in [3.8, 4) is 0 Å². The van der Waals surface area contributed by atoms with Crippen molar-refractivity contribution in [1.82, 2.24) is 0 Å². The van der Waals surface area contributed by atoms with Crippen LogP contribution >= 0.6 is 0 Å². The number of allylic oxidation sites excluding steroid dienone is 1. The van der Waals surface area contributed by atoms with Gasteiger partial charge in [-0.25, -0.2) is 0 Å². The molecule has 0 heterocycles. The van der Waals surface area contributed by atoms with Gasteiger partial charge in [0.1, 0.15) is 0 Å². The minimum absolute atomic E-state index is 0.0569. The molecule has 0 aromatic carbocycles. The molecule has 0 spiro atoms. The first-order chi connectivity index (χ1) is 9.59. The minimum Gasteiger partial charge on any atom is -0.393 e. The zero-order valence-corrected chi connectivity index (χ0v) is 12.6. The van der Waals surface area contributed by atoms with Crippen LogP contribution in [-0.2, 0) is 0 Å². The molecule has 0 saturated heterocycles. The van der Waals surface area contributed by atoms with Crippen molar-refractivity contribution in [3.63, 3.8) is 0 Å². The van der Waals surface area contributed by atoms with E-state index in [1.807, 2.05) is 0 Å². The van der Waals surface area contributed by atoms with Crippen LogP contribution in [0.5, 0.6) is 0 Å². The first-order valence-corrected chi connectivity index (χ1v) is 8.66. The Morgan fingerprint density at radius 2 is 1.85 bits per heavy atom. The van der Waals surface area contributed by atoms with Gasteiger partial charge in [0.2, 0.25) is 0 Å². The summed E-state index contributed by atoms with van der Waals surface area (Å²) < 4.78 is 0. The summed E-state index contributed by atoms with van der Waals surface area (Å²) in [5.74, 6) is 3.18. The molecule has 4 aliphatic carbocycles. The van der Waals surface area contributed by atoms with E-state index in [0.29, 0.717) is 0 Å². The maximum absolute atomic E-state index is 10.4. The Morgan fingerprint density at radius 1 is 1.00 bits per heavy atom. The van der Waals surface area contributed by atoms with Crippen molar-refractivity contribution in [3.05, 3.63) is 11.6 Å². The molecular weight excluding hydrogens is 248 g/mol. The van der Waals surface area contributed by atoms with E-state index in [1.165, 1.54) is 38.5 Å². The van der Waals surface area contributed by atoms with Crippen LogP contribution in [-0.4, -0.2) is 22.4 Å². The second-order valence-electron chi connectivity index (χ2n) is 8.10. The number of aliphatic hydroxyl groups excluding tert-OH is 2. The summed E-state index contributed by atoms with van der Waals surface area (Å²) in [5.41, 5.74) is 1.77. The molecule has 0 unspecified atom stereocenters. The Bertz CT molecular complexity index is 429. The fourth-order valence-electron chi connectivity index (χ4n) is 6.28. The van der Waals surface area contributed by atoms with Crippen LogP contribution < -0.4 is 0 Å². The number of hydrogen-bond donors (Lipinski definition) is 2. The Hall–Kier alpha value is -0.340. The summed E-state index contributed by atoms with van der Waals surface area (Å²) in [6.07, 6.45) is 11.4. The molecule has 3 saturated carbocycles. The van der Waals surface area contributed by atoms with E-state index in [2.05, 4.69) is 13.0 Å².